The summed E-state index contributed by atoms with van der Waals surface area (Å²) in [6.45, 7) is 14.5. The molecule has 4 unspecified atom stereocenters. The van der Waals surface area contributed by atoms with E-state index in [1.807, 2.05) is 0 Å². The van der Waals surface area contributed by atoms with Crippen molar-refractivity contribution in [2.75, 3.05) is 25.7 Å². The molecule has 0 heterocycles. The van der Waals surface area contributed by atoms with Gasteiger partial charge < -0.3 is 0 Å². The quantitative estimate of drug-likeness (QED) is 0.466. The first-order chi connectivity index (χ1) is 6.52. The van der Waals surface area contributed by atoms with Crippen molar-refractivity contribution >= 4 is 49.8 Å². The molecule has 0 fully saturated rings. The van der Waals surface area contributed by atoms with E-state index in [4.69, 9.17) is 0 Å². The van der Waals surface area contributed by atoms with Crippen molar-refractivity contribution in [3.05, 3.63) is 0 Å². The van der Waals surface area contributed by atoms with Crippen LogP contribution in [-0.4, -0.2) is 37.0 Å². The van der Waals surface area contributed by atoms with Crippen molar-refractivity contribution in [3.8, 4) is 0 Å². The van der Waals surface area contributed by atoms with E-state index in [1.165, 1.54) is 25.2 Å². The summed E-state index contributed by atoms with van der Waals surface area (Å²) in [6, 6.07) is 0. The highest BCUT2D eigenvalue weighted by atomic mass is 79.9. The van der Waals surface area contributed by atoms with E-state index in [2.05, 4.69) is 41.0 Å². The Bertz CT molecular complexity index is 129. The monoisotopic (exact) mass is 394 g/mol. The third-order valence-corrected chi connectivity index (χ3v) is 9.44. The summed E-state index contributed by atoms with van der Waals surface area (Å²) in [5, 5.41) is 0. The van der Waals surface area contributed by atoms with Crippen LogP contribution < -0.4 is 0 Å². The molecule has 0 aliphatic carbocycles. The average Bonchev–Trinajstić information content (AvgIpc) is 2.22. The Balaban J connectivity index is -0.000000845. The third-order valence-electron chi connectivity index (χ3n) is 3.49. The van der Waals surface area contributed by atoms with Crippen molar-refractivity contribution in [2.45, 2.75) is 51.9 Å². The second-order valence-corrected chi connectivity index (χ2v) is 10.2. The maximum Gasteiger partial charge on any atom is -0.0243 e. The van der Waals surface area contributed by atoms with Crippen molar-refractivity contribution < 1.29 is 0 Å². The highest BCUT2D eigenvalue weighted by Gasteiger charge is 2.13. The van der Waals surface area contributed by atoms with Gasteiger partial charge in [-0.25, -0.2) is 0 Å². The van der Waals surface area contributed by atoms with Gasteiger partial charge in [0.15, 0.2) is 0 Å². The summed E-state index contributed by atoms with van der Waals surface area (Å²) in [4.78, 5) is 0. The Hall–Kier alpha value is 1.82. The summed E-state index contributed by atoms with van der Waals surface area (Å²) in [5.41, 5.74) is 1.95. The van der Waals surface area contributed by atoms with Gasteiger partial charge in [0.2, 0.25) is 0 Å². The first kappa shape index (κ1) is 23.0. The molecule has 0 rings (SSSR count). The molecule has 0 amide bonds. The molecule has 0 aromatic rings. The van der Waals surface area contributed by atoms with Gasteiger partial charge >= 0.3 is 0 Å². The molecular formula is C12H30Br2P2. The molecule has 0 aliphatic rings. The minimum atomic E-state index is 0. The molecule has 102 valence electrons. The van der Waals surface area contributed by atoms with Crippen molar-refractivity contribution in [3.63, 3.8) is 0 Å². The Labute approximate surface area is 127 Å². The topological polar surface area (TPSA) is 0 Å². The molecule has 0 N–H and O–H groups in total. The van der Waals surface area contributed by atoms with Crippen molar-refractivity contribution in [2.24, 2.45) is 0 Å². The fraction of sp³-hybridized carbons (Fsp3) is 1.00. The van der Waals surface area contributed by atoms with Crippen LogP contribution in [0.2, 0.25) is 0 Å². The Morgan fingerprint density at radius 2 is 1.00 bits per heavy atom. The number of hydrogen-bond acceptors (Lipinski definition) is 0. The molecule has 0 aliphatic heterocycles. The first-order valence-electron chi connectivity index (χ1n) is 5.93. The number of rotatable bonds is 7. The Kier molecular flexibility index (Phi) is 19.0. The molecule has 4 atom stereocenters. The fourth-order valence-corrected chi connectivity index (χ4v) is 6.03. The lowest BCUT2D eigenvalue weighted by atomic mass is 10.4. The first-order valence-corrected chi connectivity index (χ1v) is 10.0. The van der Waals surface area contributed by atoms with Crippen LogP contribution in [0.5, 0.6) is 0 Å². The Morgan fingerprint density at radius 3 is 1.19 bits per heavy atom. The third kappa shape index (κ3) is 9.81. The molecule has 0 aromatic heterocycles. The molecule has 0 nitrogen and oxygen atoms in total. The van der Waals surface area contributed by atoms with E-state index in [9.17, 15) is 0 Å². The molecule has 4 heteroatoms. The average molecular weight is 396 g/mol. The van der Waals surface area contributed by atoms with Crippen LogP contribution in [0.25, 0.3) is 0 Å². The van der Waals surface area contributed by atoms with Gasteiger partial charge in [0.25, 0.3) is 0 Å². The van der Waals surface area contributed by atoms with E-state index in [1.54, 1.807) is 0 Å². The van der Waals surface area contributed by atoms with Crippen LogP contribution in [0, 0.1) is 0 Å². The van der Waals surface area contributed by atoms with Crippen LogP contribution in [0.1, 0.15) is 40.5 Å². The van der Waals surface area contributed by atoms with Crippen LogP contribution >= 0.6 is 49.8 Å². The minimum Gasteiger partial charge on any atom is -0.114 e. The molecule has 0 radical (unpaired) electrons. The molecule has 0 saturated carbocycles. The molecular weight excluding hydrogens is 366 g/mol. The molecule has 0 spiro atoms. The zero-order valence-electron chi connectivity index (χ0n) is 11.7. The SMILES string of the molecule is Br.Br.CCC(C)P(C)CCP(C)C(C)CC. The summed E-state index contributed by atoms with van der Waals surface area (Å²) >= 11 is 0. The zero-order valence-corrected chi connectivity index (χ0v) is 16.9. The predicted molar refractivity (Wildman–Crippen MR) is 95.6 cm³/mol. The highest BCUT2D eigenvalue weighted by molar-refractivity contribution is 8.93. The number of hydrogen-bond donors (Lipinski definition) is 0. The van der Waals surface area contributed by atoms with Crippen molar-refractivity contribution in [1.29, 1.82) is 0 Å². The maximum absolute atomic E-state index is 2.49. The lowest BCUT2D eigenvalue weighted by Gasteiger charge is -2.24. The fourth-order valence-electron chi connectivity index (χ4n) is 1.38. The van der Waals surface area contributed by atoms with Gasteiger partial charge in [0.05, 0.1) is 0 Å². The maximum atomic E-state index is 2.49. The van der Waals surface area contributed by atoms with Crippen LogP contribution in [0.3, 0.4) is 0 Å². The summed E-state index contributed by atoms with van der Waals surface area (Å²) in [6.07, 6.45) is 5.76. The van der Waals surface area contributed by atoms with Gasteiger partial charge in [-0.1, -0.05) is 27.7 Å². The van der Waals surface area contributed by atoms with E-state index < -0.39 is 0 Å². The second kappa shape index (κ2) is 13.3. The molecule has 0 aromatic carbocycles. The second-order valence-electron chi connectivity index (χ2n) is 4.48. The van der Waals surface area contributed by atoms with Crippen molar-refractivity contribution in [1.82, 2.24) is 0 Å². The predicted octanol–water partition coefficient (Wildman–Crippen LogP) is 5.96. The molecule has 0 saturated heterocycles. The summed E-state index contributed by atoms with van der Waals surface area (Å²) < 4.78 is 0. The van der Waals surface area contributed by atoms with E-state index in [0.717, 1.165) is 11.3 Å². The largest absolute Gasteiger partial charge is 0.114 e. The van der Waals surface area contributed by atoms with Gasteiger partial charge in [-0.2, -0.15) is 0 Å². The summed E-state index contributed by atoms with van der Waals surface area (Å²) in [5.74, 6) is 0. The summed E-state index contributed by atoms with van der Waals surface area (Å²) in [7, 11) is 0.624. The minimum absolute atomic E-state index is 0. The molecule has 16 heavy (non-hydrogen) atoms. The van der Waals surface area contributed by atoms with E-state index >= 15 is 0 Å². The van der Waals surface area contributed by atoms with Crippen LogP contribution in [0.15, 0.2) is 0 Å². The van der Waals surface area contributed by atoms with Gasteiger partial charge in [0.1, 0.15) is 0 Å². The lowest BCUT2D eigenvalue weighted by molar-refractivity contribution is 0.885. The normalized spacial score (nSPS) is 17.6. The van der Waals surface area contributed by atoms with Crippen LogP contribution in [-0.2, 0) is 0 Å². The Morgan fingerprint density at radius 1 is 0.750 bits per heavy atom. The van der Waals surface area contributed by atoms with Gasteiger partial charge in [-0.3, -0.25) is 0 Å². The van der Waals surface area contributed by atoms with E-state index in [0.29, 0.717) is 15.8 Å². The van der Waals surface area contributed by atoms with E-state index in [-0.39, 0.29) is 34.0 Å². The number of halogens is 2. The lowest BCUT2D eigenvalue weighted by Crippen LogP contribution is -2.06. The van der Waals surface area contributed by atoms with Gasteiger partial charge in [-0.05, 0) is 49.8 Å². The highest BCUT2D eigenvalue weighted by Crippen LogP contribution is 2.45. The molecule has 0 bridgehead atoms. The zero-order chi connectivity index (χ0) is 11.1. The standard InChI is InChI=1S/C12H28P2.2BrH/c1-7-11(3)13(5)9-10-14(6)12(4)8-2;;/h11-12H,7-10H2,1-6H3;2*1H. The van der Waals surface area contributed by atoms with Gasteiger partial charge in [-0.15, -0.1) is 49.8 Å². The van der Waals surface area contributed by atoms with Gasteiger partial charge in [0, 0.05) is 0 Å². The smallest absolute Gasteiger partial charge is 0.0243 e. The van der Waals surface area contributed by atoms with Crippen LogP contribution in [0.4, 0.5) is 0 Å².